The molecule has 0 aromatic carbocycles. The van der Waals surface area contributed by atoms with E-state index >= 15 is 0 Å². The molecule has 0 aliphatic carbocycles. The third kappa shape index (κ3) is 5.15. The Hall–Kier alpha value is -0.803. The van der Waals surface area contributed by atoms with Gasteiger partial charge in [-0.1, -0.05) is 6.42 Å². The van der Waals surface area contributed by atoms with E-state index in [1.54, 1.807) is 0 Å². The van der Waals surface area contributed by atoms with Crippen LogP contribution in [-0.4, -0.2) is 66.1 Å². The lowest BCUT2D eigenvalue weighted by atomic mass is 10.2. The number of likely N-dealkylation sites (tertiary alicyclic amines) is 1. The van der Waals surface area contributed by atoms with Gasteiger partial charge in [0.25, 0.3) is 0 Å². The number of rotatable bonds is 9. The van der Waals surface area contributed by atoms with Crippen LogP contribution in [0.4, 0.5) is 0 Å². The van der Waals surface area contributed by atoms with Crippen molar-refractivity contribution in [2.75, 3.05) is 41.1 Å². The van der Waals surface area contributed by atoms with E-state index in [4.69, 9.17) is 13.3 Å². The molecule has 1 aliphatic heterocycles. The molecule has 0 atom stereocenters. The fourth-order valence-corrected chi connectivity index (χ4v) is 3.98. The van der Waals surface area contributed by atoms with Gasteiger partial charge in [0.2, 0.25) is 11.3 Å². The third-order valence-electron chi connectivity index (χ3n) is 3.65. The molecule has 7 nitrogen and oxygen atoms in total. The molecule has 0 unspecified atom stereocenters. The number of carbonyl (C=O) groups is 2. The summed E-state index contributed by atoms with van der Waals surface area (Å²) in [6, 6.07) is 0. The molecule has 0 radical (unpaired) electrons. The van der Waals surface area contributed by atoms with E-state index < -0.39 is 8.80 Å². The topological polar surface area (TPSA) is 77.1 Å². The SMILES string of the molecule is CO[Si](OC)(OC)C(=O)CCNCN1CCCCCC1=O. The van der Waals surface area contributed by atoms with Crippen molar-refractivity contribution in [3.05, 3.63) is 0 Å². The van der Waals surface area contributed by atoms with Gasteiger partial charge in [0.05, 0.1) is 6.67 Å². The largest absolute Gasteiger partial charge is 0.574 e. The number of nitrogens with one attached hydrogen (secondary N) is 1. The van der Waals surface area contributed by atoms with Crippen molar-refractivity contribution in [3.8, 4) is 0 Å². The zero-order chi connectivity index (χ0) is 15.7. The Kier molecular flexibility index (Phi) is 8.05. The highest BCUT2D eigenvalue weighted by Crippen LogP contribution is 2.11. The van der Waals surface area contributed by atoms with Gasteiger partial charge < -0.3 is 18.2 Å². The molecule has 122 valence electrons. The molecular formula is C13H26N2O5Si. The van der Waals surface area contributed by atoms with Crippen molar-refractivity contribution in [1.29, 1.82) is 0 Å². The quantitative estimate of drug-likeness (QED) is 0.487. The number of amides is 1. The molecule has 1 fully saturated rings. The first-order valence-corrected chi connectivity index (χ1v) is 8.99. The van der Waals surface area contributed by atoms with Crippen molar-refractivity contribution in [2.45, 2.75) is 32.1 Å². The van der Waals surface area contributed by atoms with E-state index in [0.29, 0.717) is 19.6 Å². The highest BCUT2D eigenvalue weighted by atomic mass is 28.4. The molecule has 21 heavy (non-hydrogen) atoms. The zero-order valence-corrected chi connectivity index (χ0v) is 14.1. The van der Waals surface area contributed by atoms with Crippen molar-refractivity contribution in [2.24, 2.45) is 0 Å². The minimum atomic E-state index is -3.19. The van der Waals surface area contributed by atoms with E-state index in [0.717, 1.165) is 25.8 Å². The average molecular weight is 318 g/mol. The van der Waals surface area contributed by atoms with Crippen LogP contribution in [-0.2, 0) is 22.9 Å². The maximum Gasteiger partial charge on any atom is 0.574 e. The molecule has 1 heterocycles. The smallest absolute Gasteiger partial charge is 0.372 e. The molecule has 1 saturated heterocycles. The Morgan fingerprint density at radius 1 is 1.19 bits per heavy atom. The molecular weight excluding hydrogens is 292 g/mol. The molecule has 0 aromatic rings. The van der Waals surface area contributed by atoms with Gasteiger partial charge in [-0.3, -0.25) is 14.9 Å². The number of hydrogen-bond acceptors (Lipinski definition) is 6. The van der Waals surface area contributed by atoms with Crippen LogP contribution in [0.15, 0.2) is 0 Å². The Bertz CT molecular complexity index is 341. The van der Waals surface area contributed by atoms with Crippen LogP contribution in [0, 0.1) is 0 Å². The lowest BCUT2D eigenvalue weighted by molar-refractivity contribution is -0.131. The van der Waals surface area contributed by atoms with E-state index in [-0.39, 0.29) is 17.7 Å². The average Bonchev–Trinajstić information content (AvgIpc) is 2.71. The van der Waals surface area contributed by atoms with Crippen LogP contribution >= 0.6 is 0 Å². The Balaban J connectivity index is 2.32. The molecule has 0 spiro atoms. The first kappa shape index (κ1) is 18.2. The fourth-order valence-electron chi connectivity index (χ4n) is 2.37. The molecule has 0 aromatic heterocycles. The predicted molar refractivity (Wildman–Crippen MR) is 79.5 cm³/mol. The van der Waals surface area contributed by atoms with Crippen molar-refractivity contribution in [3.63, 3.8) is 0 Å². The molecule has 1 rings (SSSR count). The summed E-state index contributed by atoms with van der Waals surface area (Å²) >= 11 is 0. The summed E-state index contributed by atoms with van der Waals surface area (Å²) in [5.41, 5.74) is 0. The second-order valence-electron chi connectivity index (χ2n) is 4.97. The van der Waals surface area contributed by atoms with Crippen molar-refractivity contribution in [1.82, 2.24) is 10.2 Å². The summed E-state index contributed by atoms with van der Waals surface area (Å²) in [7, 11) is 1.06. The summed E-state index contributed by atoms with van der Waals surface area (Å²) in [6.45, 7) is 1.73. The zero-order valence-electron chi connectivity index (χ0n) is 13.1. The maximum atomic E-state index is 12.1. The van der Waals surface area contributed by atoms with Crippen LogP contribution in [0.5, 0.6) is 0 Å². The van der Waals surface area contributed by atoms with Gasteiger partial charge in [-0.25, -0.2) is 0 Å². The minimum absolute atomic E-state index is 0.162. The van der Waals surface area contributed by atoms with Gasteiger partial charge in [-0.15, -0.1) is 0 Å². The van der Waals surface area contributed by atoms with Crippen LogP contribution in [0.1, 0.15) is 32.1 Å². The molecule has 1 aliphatic rings. The van der Waals surface area contributed by atoms with E-state index in [2.05, 4.69) is 5.32 Å². The first-order chi connectivity index (χ1) is 10.1. The number of nitrogens with zero attached hydrogens (tertiary/aromatic N) is 1. The summed E-state index contributed by atoms with van der Waals surface area (Å²) in [6.07, 6.45) is 3.98. The van der Waals surface area contributed by atoms with E-state index in [1.807, 2.05) is 4.90 Å². The Morgan fingerprint density at radius 2 is 1.86 bits per heavy atom. The first-order valence-electron chi connectivity index (χ1n) is 7.27. The van der Waals surface area contributed by atoms with Gasteiger partial charge in [0.1, 0.15) is 0 Å². The second kappa shape index (κ2) is 9.26. The third-order valence-corrected chi connectivity index (χ3v) is 6.20. The van der Waals surface area contributed by atoms with Gasteiger partial charge >= 0.3 is 8.80 Å². The Labute approximate surface area is 127 Å². The molecule has 8 heteroatoms. The lowest BCUT2D eigenvalue weighted by Gasteiger charge is -2.23. The van der Waals surface area contributed by atoms with E-state index in [9.17, 15) is 9.59 Å². The standard InChI is InChI=1S/C13H26N2O5Si/c1-18-21(19-2,20-3)13(17)8-9-14-11-15-10-6-4-5-7-12(15)16/h14H,4-11H2,1-3H3. The van der Waals surface area contributed by atoms with Crippen LogP contribution in [0.3, 0.4) is 0 Å². The van der Waals surface area contributed by atoms with Crippen LogP contribution < -0.4 is 5.32 Å². The summed E-state index contributed by atoms with van der Waals surface area (Å²) in [5.74, 6) is 0.181. The van der Waals surface area contributed by atoms with Crippen molar-refractivity contribution < 1.29 is 22.9 Å². The molecule has 1 N–H and O–H groups in total. The Morgan fingerprint density at radius 3 is 2.48 bits per heavy atom. The van der Waals surface area contributed by atoms with E-state index in [1.165, 1.54) is 21.3 Å². The molecule has 0 saturated carbocycles. The van der Waals surface area contributed by atoms with Crippen molar-refractivity contribution >= 4 is 20.1 Å². The lowest BCUT2D eigenvalue weighted by Crippen LogP contribution is -2.52. The summed E-state index contributed by atoms with van der Waals surface area (Å²) in [5, 5.41) is 2.97. The summed E-state index contributed by atoms with van der Waals surface area (Å²) < 4.78 is 15.4. The fraction of sp³-hybridized carbons (Fsp3) is 0.846. The predicted octanol–water partition coefficient (Wildman–Crippen LogP) is 0.313. The highest BCUT2D eigenvalue weighted by Gasteiger charge is 2.46. The maximum absolute atomic E-state index is 12.1. The second-order valence-corrected chi connectivity index (χ2v) is 7.86. The molecule has 1 amide bonds. The highest BCUT2D eigenvalue weighted by molar-refractivity contribution is 6.92. The number of hydrogen-bond donors (Lipinski definition) is 1. The van der Waals surface area contributed by atoms with Crippen LogP contribution in [0.25, 0.3) is 0 Å². The van der Waals surface area contributed by atoms with Gasteiger partial charge in [-0.05, 0) is 12.8 Å². The number of carbonyl (C=O) groups excluding carboxylic acids is 2. The van der Waals surface area contributed by atoms with Crippen LogP contribution in [0.2, 0.25) is 0 Å². The molecule has 0 bridgehead atoms. The van der Waals surface area contributed by atoms with Gasteiger partial charge in [0, 0.05) is 47.3 Å². The van der Waals surface area contributed by atoms with Gasteiger partial charge in [-0.2, -0.15) is 0 Å². The minimum Gasteiger partial charge on any atom is -0.372 e. The summed E-state index contributed by atoms with van der Waals surface area (Å²) in [4.78, 5) is 25.7. The normalized spacial score (nSPS) is 16.9. The monoisotopic (exact) mass is 318 g/mol. The van der Waals surface area contributed by atoms with Gasteiger partial charge in [0.15, 0.2) is 0 Å².